The molecular formula is C80H156O17P2. The highest BCUT2D eigenvalue weighted by atomic mass is 31.2. The van der Waals surface area contributed by atoms with E-state index in [1.807, 2.05) is 0 Å². The molecule has 19 heteroatoms. The van der Waals surface area contributed by atoms with Crippen LogP contribution in [0.15, 0.2) is 0 Å². The van der Waals surface area contributed by atoms with Crippen LogP contribution in [0, 0.1) is 11.8 Å². The number of unbranched alkanes of at least 4 members (excludes halogenated alkanes) is 49. The van der Waals surface area contributed by atoms with E-state index in [2.05, 4.69) is 41.5 Å². The molecular weight excluding hydrogens is 1290 g/mol. The summed E-state index contributed by atoms with van der Waals surface area (Å²) in [5, 5.41) is 10.6. The molecule has 0 aromatic carbocycles. The Morgan fingerprint density at radius 3 is 0.687 bits per heavy atom. The molecule has 0 radical (unpaired) electrons. The molecule has 0 aliphatic heterocycles. The van der Waals surface area contributed by atoms with E-state index in [1.165, 1.54) is 231 Å². The lowest BCUT2D eigenvalue weighted by Gasteiger charge is -2.21. The maximum Gasteiger partial charge on any atom is 0.472 e. The number of carbonyl (C=O) groups excluding carboxylic acids is 4. The van der Waals surface area contributed by atoms with Gasteiger partial charge in [-0.25, -0.2) is 9.13 Å². The first-order valence-corrected chi connectivity index (χ1v) is 44.5. The summed E-state index contributed by atoms with van der Waals surface area (Å²) in [5.41, 5.74) is 0. The summed E-state index contributed by atoms with van der Waals surface area (Å²) in [7, 11) is -9.92. The molecule has 0 rings (SSSR count). The van der Waals surface area contributed by atoms with Gasteiger partial charge in [0.2, 0.25) is 0 Å². The molecule has 0 amide bonds. The number of hydrogen-bond donors (Lipinski definition) is 3. The summed E-state index contributed by atoms with van der Waals surface area (Å²) < 4.78 is 68.6. The number of hydrogen-bond acceptors (Lipinski definition) is 15. The molecule has 0 aliphatic carbocycles. The minimum Gasteiger partial charge on any atom is -0.462 e. The Bertz CT molecular complexity index is 1910. The fraction of sp³-hybridized carbons (Fsp3) is 0.950. The van der Waals surface area contributed by atoms with Crippen LogP contribution in [0.4, 0.5) is 0 Å². The summed E-state index contributed by atoms with van der Waals surface area (Å²) in [6.07, 6.45) is 61.3. The lowest BCUT2D eigenvalue weighted by molar-refractivity contribution is -0.161. The summed E-state index contributed by atoms with van der Waals surface area (Å²) in [6, 6.07) is 0. The zero-order valence-electron chi connectivity index (χ0n) is 64.8. The lowest BCUT2D eigenvalue weighted by atomic mass is 10.0. The largest absolute Gasteiger partial charge is 0.472 e. The topological polar surface area (TPSA) is 237 Å². The number of rotatable bonds is 79. The summed E-state index contributed by atoms with van der Waals surface area (Å²) in [6.45, 7) is 9.53. The van der Waals surface area contributed by atoms with Gasteiger partial charge in [-0.15, -0.1) is 0 Å². The number of aliphatic hydroxyl groups excluding tert-OH is 1. The Labute approximate surface area is 607 Å². The molecule has 0 fully saturated rings. The minimum atomic E-state index is -4.96. The Hall–Kier alpha value is -1.94. The van der Waals surface area contributed by atoms with Crippen LogP contribution in [0.1, 0.15) is 420 Å². The molecule has 0 spiro atoms. The van der Waals surface area contributed by atoms with Gasteiger partial charge in [-0.05, 0) is 37.5 Å². The number of carbonyl (C=O) groups is 4. The maximum absolute atomic E-state index is 13.1. The van der Waals surface area contributed by atoms with Gasteiger partial charge in [0.05, 0.1) is 26.4 Å². The lowest BCUT2D eigenvalue weighted by Crippen LogP contribution is -2.30. The smallest absolute Gasteiger partial charge is 0.462 e. The van der Waals surface area contributed by atoms with Crippen LogP contribution in [0.2, 0.25) is 0 Å². The van der Waals surface area contributed by atoms with Crippen LogP contribution in [-0.2, 0) is 65.4 Å². The van der Waals surface area contributed by atoms with Gasteiger partial charge in [-0.1, -0.05) is 369 Å². The molecule has 0 saturated carbocycles. The van der Waals surface area contributed by atoms with Crippen LogP contribution >= 0.6 is 15.6 Å². The van der Waals surface area contributed by atoms with Gasteiger partial charge in [0, 0.05) is 25.7 Å². The second-order valence-corrected chi connectivity index (χ2v) is 32.7. The van der Waals surface area contributed by atoms with Crippen molar-refractivity contribution in [3.05, 3.63) is 0 Å². The van der Waals surface area contributed by atoms with E-state index in [1.54, 1.807) is 0 Å². The zero-order chi connectivity index (χ0) is 72.8. The molecule has 0 aromatic rings. The standard InChI is InChI=1S/C80H156O17P2/c1-7-9-11-13-15-17-19-21-23-25-26-27-29-31-33-35-40-44-52-58-64-79(84)96-75(68-90-77(82)62-56-50-43-39-34-32-30-28-24-22-20-18-16-14-12-10-8-2)70-94-98(86,87)92-66-74(81)67-93-99(88,89)95-71-76(69-91-78(83)63-57-51-47-46-49-55-61-73(5)6)97-80(85)65-59-53-45-41-37-36-38-42-48-54-60-72(3)4/h72-76,81H,7-71H2,1-6H3,(H,86,87)(H,88,89)/t74-,75-,76-/m1/s1. The highest BCUT2D eigenvalue weighted by Gasteiger charge is 2.30. The Morgan fingerprint density at radius 1 is 0.273 bits per heavy atom. The predicted molar refractivity (Wildman–Crippen MR) is 405 cm³/mol. The third-order valence-corrected chi connectivity index (χ3v) is 20.6. The second kappa shape index (κ2) is 71.7. The van der Waals surface area contributed by atoms with Crippen LogP contribution in [0.5, 0.6) is 0 Å². The molecule has 0 bridgehead atoms. The van der Waals surface area contributed by atoms with Gasteiger partial charge in [0.25, 0.3) is 0 Å². The van der Waals surface area contributed by atoms with Crippen LogP contribution in [0.3, 0.4) is 0 Å². The van der Waals surface area contributed by atoms with E-state index in [-0.39, 0.29) is 25.7 Å². The molecule has 3 N–H and O–H groups in total. The van der Waals surface area contributed by atoms with Crippen molar-refractivity contribution in [2.75, 3.05) is 39.6 Å². The van der Waals surface area contributed by atoms with Crippen LogP contribution in [-0.4, -0.2) is 96.7 Å². The Morgan fingerprint density at radius 2 is 0.465 bits per heavy atom. The van der Waals surface area contributed by atoms with E-state index < -0.39 is 97.5 Å². The van der Waals surface area contributed by atoms with Crippen molar-refractivity contribution in [3.8, 4) is 0 Å². The molecule has 17 nitrogen and oxygen atoms in total. The molecule has 99 heavy (non-hydrogen) atoms. The number of ether oxygens (including phenoxy) is 4. The van der Waals surface area contributed by atoms with E-state index >= 15 is 0 Å². The van der Waals surface area contributed by atoms with E-state index in [9.17, 15) is 43.2 Å². The van der Waals surface area contributed by atoms with Crippen molar-refractivity contribution in [3.63, 3.8) is 0 Å². The van der Waals surface area contributed by atoms with Crippen molar-refractivity contribution < 1.29 is 80.2 Å². The highest BCUT2D eigenvalue weighted by molar-refractivity contribution is 7.47. The van der Waals surface area contributed by atoms with Gasteiger partial charge >= 0.3 is 39.5 Å². The number of aliphatic hydroxyl groups is 1. The summed E-state index contributed by atoms with van der Waals surface area (Å²) in [4.78, 5) is 72.9. The zero-order valence-corrected chi connectivity index (χ0v) is 66.6. The predicted octanol–water partition coefficient (Wildman–Crippen LogP) is 23.9. The number of phosphoric acid groups is 2. The third kappa shape index (κ3) is 74.1. The first-order chi connectivity index (χ1) is 47.9. The van der Waals surface area contributed by atoms with Gasteiger partial charge in [0.1, 0.15) is 19.3 Å². The normalized spacial score (nSPS) is 13.9. The average molecular weight is 1450 g/mol. The van der Waals surface area contributed by atoms with Crippen molar-refractivity contribution >= 4 is 39.5 Å². The van der Waals surface area contributed by atoms with Gasteiger partial charge in [-0.3, -0.25) is 37.3 Å². The number of esters is 4. The quantitative estimate of drug-likeness (QED) is 0.0222. The molecule has 0 saturated heterocycles. The average Bonchev–Trinajstić information content (AvgIpc) is 1.20. The van der Waals surface area contributed by atoms with E-state index in [4.69, 9.17) is 37.0 Å². The minimum absolute atomic E-state index is 0.105. The fourth-order valence-electron chi connectivity index (χ4n) is 12.4. The summed E-state index contributed by atoms with van der Waals surface area (Å²) in [5.74, 6) is -0.682. The first kappa shape index (κ1) is 97.1. The third-order valence-electron chi connectivity index (χ3n) is 18.7. The molecule has 2 unspecified atom stereocenters. The van der Waals surface area contributed by atoms with Gasteiger partial charge < -0.3 is 33.8 Å². The van der Waals surface area contributed by atoms with Crippen molar-refractivity contribution in [1.29, 1.82) is 0 Å². The molecule has 0 aliphatic rings. The summed E-state index contributed by atoms with van der Waals surface area (Å²) >= 11 is 0. The van der Waals surface area contributed by atoms with Crippen molar-refractivity contribution in [1.82, 2.24) is 0 Å². The van der Waals surface area contributed by atoms with Crippen molar-refractivity contribution in [2.24, 2.45) is 11.8 Å². The Balaban J connectivity index is 5.21. The molecule has 0 heterocycles. The first-order valence-electron chi connectivity index (χ1n) is 41.5. The molecule has 0 aromatic heterocycles. The molecule has 5 atom stereocenters. The fourth-order valence-corrected chi connectivity index (χ4v) is 13.9. The van der Waals surface area contributed by atoms with Crippen molar-refractivity contribution in [2.45, 2.75) is 439 Å². The highest BCUT2D eigenvalue weighted by Crippen LogP contribution is 2.45. The molecule has 588 valence electrons. The monoisotopic (exact) mass is 1450 g/mol. The van der Waals surface area contributed by atoms with Crippen LogP contribution in [0.25, 0.3) is 0 Å². The Kier molecular flexibility index (Phi) is 70.3. The van der Waals surface area contributed by atoms with E-state index in [0.717, 1.165) is 102 Å². The number of phosphoric ester groups is 2. The van der Waals surface area contributed by atoms with Gasteiger partial charge in [0.15, 0.2) is 12.2 Å². The van der Waals surface area contributed by atoms with Gasteiger partial charge in [-0.2, -0.15) is 0 Å². The SMILES string of the molecule is CCCCCCCCCCCCCCCCCCCCCCC(=O)O[C@H](COC(=O)CCCCCCCCCCCCCCCCCCC)COP(=O)(O)OC[C@@H](O)COP(=O)(O)OC[C@@H](COC(=O)CCCCCCCCC(C)C)OC(=O)CCCCCCCCCCCCC(C)C. The van der Waals surface area contributed by atoms with E-state index in [0.29, 0.717) is 31.6 Å². The van der Waals surface area contributed by atoms with Crippen LogP contribution < -0.4 is 0 Å². The second-order valence-electron chi connectivity index (χ2n) is 29.8. The maximum atomic E-state index is 13.1.